The van der Waals surface area contributed by atoms with Crippen molar-refractivity contribution in [2.45, 2.75) is 0 Å². The van der Waals surface area contributed by atoms with Gasteiger partial charge in [0.25, 0.3) is 0 Å². The first-order valence-corrected chi connectivity index (χ1v) is 5.28. The van der Waals surface area contributed by atoms with Gasteiger partial charge in [-0.15, -0.1) is 0 Å². The second-order valence-corrected chi connectivity index (χ2v) is 4.45. The number of hydrogen-bond donors (Lipinski definition) is 1. The third-order valence-corrected chi connectivity index (χ3v) is 4.46. The van der Waals surface area contributed by atoms with Crippen molar-refractivity contribution < 1.29 is 9.52 Å². The van der Waals surface area contributed by atoms with Gasteiger partial charge in [0.15, 0.2) is 5.58 Å². The zero-order valence-corrected chi connectivity index (χ0v) is 10.0. The lowest BCUT2D eigenvalue weighted by Crippen LogP contribution is -1.80. The van der Waals surface area contributed by atoms with E-state index in [4.69, 9.17) is 9.52 Å². The van der Waals surface area contributed by atoms with Crippen molar-refractivity contribution in [3.63, 3.8) is 0 Å². The molecule has 0 saturated heterocycles. The SMILES string of the molecule is Oc1nc2c(I)c(I)ccc2o1. The van der Waals surface area contributed by atoms with E-state index >= 15 is 0 Å². The predicted octanol–water partition coefficient (Wildman–Crippen LogP) is 2.74. The lowest BCUT2D eigenvalue weighted by molar-refractivity contribution is 0.328. The molecule has 5 heteroatoms. The van der Waals surface area contributed by atoms with Gasteiger partial charge in [-0.2, -0.15) is 4.98 Å². The maximum Gasteiger partial charge on any atom is 0.392 e. The van der Waals surface area contributed by atoms with Crippen molar-refractivity contribution in [2.75, 3.05) is 0 Å². The lowest BCUT2D eigenvalue weighted by atomic mass is 10.3. The number of hydrogen-bond acceptors (Lipinski definition) is 3. The Morgan fingerprint density at radius 1 is 1.33 bits per heavy atom. The molecular formula is C7H3I2NO2. The highest BCUT2D eigenvalue weighted by atomic mass is 127. The second-order valence-electron chi connectivity index (χ2n) is 2.20. The van der Waals surface area contributed by atoms with Gasteiger partial charge in [0.1, 0.15) is 5.52 Å². The van der Waals surface area contributed by atoms with Crippen LogP contribution in [0.3, 0.4) is 0 Å². The Kier molecular flexibility index (Phi) is 2.15. The third kappa shape index (κ3) is 1.28. The quantitative estimate of drug-likeness (QED) is 0.708. The Morgan fingerprint density at radius 3 is 2.83 bits per heavy atom. The number of benzene rings is 1. The number of oxazole rings is 1. The first kappa shape index (κ1) is 8.54. The van der Waals surface area contributed by atoms with Crippen LogP contribution >= 0.6 is 45.2 Å². The molecule has 1 N–H and O–H groups in total. The van der Waals surface area contributed by atoms with Gasteiger partial charge >= 0.3 is 6.08 Å². The van der Waals surface area contributed by atoms with E-state index in [2.05, 4.69) is 50.2 Å². The fourth-order valence-electron chi connectivity index (χ4n) is 0.926. The molecule has 3 nitrogen and oxygen atoms in total. The zero-order chi connectivity index (χ0) is 8.72. The van der Waals surface area contributed by atoms with E-state index in [1.807, 2.05) is 6.07 Å². The molecule has 62 valence electrons. The lowest BCUT2D eigenvalue weighted by Gasteiger charge is -1.93. The summed E-state index contributed by atoms with van der Waals surface area (Å²) < 4.78 is 7.05. The van der Waals surface area contributed by atoms with E-state index in [9.17, 15) is 0 Å². The summed E-state index contributed by atoms with van der Waals surface area (Å²) in [5, 5.41) is 8.99. The standard InChI is InChI=1S/C7H3I2NO2/c8-3-1-2-4-6(5(3)9)10-7(11)12-4/h1-2H,(H,10,11). The van der Waals surface area contributed by atoms with Gasteiger partial charge in [-0.1, -0.05) is 0 Å². The van der Waals surface area contributed by atoms with E-state index in [1.165, 1.54) is 0 Å². The molecule has 0 saturated carbocycles. The molecule has 0 bridgehead atoms. The smallest absolute Gasteiger partial charge is 0.392 e. The molecule has 0 aliphatic carbocycles. The van der Waals surface area contributed by atoms with E-state index in [1.54, 1.807) is 6.07 Å². The first-order chi connectivity index (χ1) is 5.68. The molecule has 1 heterocycles. The Balaban J connectivity index is 2.89. The summed E-state index contributed by atoms with van der Waals surface area (Å²) in [5.41, 5.74) is 1.34. The molecule has 0 amide bonds. The van der Waals surface area contributed by atoms with Crippen LogP contribution < -0.4 is 0 Å². The molecule has 0 aliphatic heterocycles. The zero-order valence-electron chi connectivity index (χ0n) is 5.71. The maximum absolute atomic E-state index is 8.99. The highest BCUT2D eigenvalue weighted by molar-refractivity contribution is 14.1. The average molecular weight is 387 g/mol. The van der Waals surface area contributed by atoms with Crippen LogP contribution in [0.25, 0.3) is 11.1 Å². The van der Waals surface area contributed by atoms with Crippen molar-refractivity contribution in [1.82, 2.24) is 4.98 Å². The summed E-state index contributed by atoms with van der Waals surface area (Å²) in [6, 6.07) is 3.72. The van der Waals surface area contributed by atoms with Crippen LogP contribution in [0.4, 0.5) is 0 Å². The normalized spacial score (nSPS) is 10.8. The molecule has 0 unspecified atom stereocenters. The molecular weight excluding hydrogens is 384 g/mol. The topological polar surface area (TPSA) is 46.3 Å². The van der Waals surface area contributed by atoms with E-state index in [0.717, 1.165) is 12.7 Å². The Hall–Kier alpha value is -0.0500. The monoisotopic (exact) mass is 387 g/mol. The number of aromatic hydroxyl groups is 1. The van der Waals surface area contributed by atoms with Gasteiger partial charge < -0.3 is 9.52 Å². The van der Waals surface area contributed by atoms with Crippen molar-refractivity contribution in [3.05, 3.63) is 19.3 Å². The fraction of sp³-hybridized carbons (Fsp3) is 0. The first-order valence-electron chi connectivity index (χ1n) is 3.12. The number of halogens is 2. The maximum atomic E-state index is 8.99. The van der Waals surface area contributed by atoms with E-state index < -0.39 is 0 Å². The van der Waals surface area contributed by atoms with Gasteiger partial charge in [0, 0.05) is 3.57 Å². The largest absolute Gasteiger partial charge is 0.466 e. The van der Waals surface area contributed by atoms with E-state index in [0.29, 0.717) is 5.58 Å². The molecule has 2 aromatic rings. The minimum Gasteiger partial charge on any atom is -0.466 e. The average Bonchev–Trinajstić information content (AvgIpc) is 2.39. The van der Waals surface area contributed by atoms with Crippen molar-refractivity contribution in [1.29, 1.82) is 0 Å². The number of fused-ring (bicyclic) bond motifs is 1. The fourth-order valence-corrected chi connectivity index (χ4v) is 1.93. The summed E-state index contributed by atoms with van der Waals surface area (Å²) in [6.07, 6.45) is -0.273. The van der Waals surface area contributed by atoms with Crippen molar-refractivity contribution >= 4 is 56.3 Å². The molecule has 1 aromatic carbocycles. The van der Waals surface area contributed by atoms with Crippen LogP contribution in [0.5, 0.6) is 6.08 Å². The van der Waals surface area contributed by atoms with Gasteiger partial charge in [-0.25, -0.2) is 0 Å². The number of nitrogens with zero attached hydrogens (tertiary/aromatic N) is 1. The summed E-state index contributed by atoms with van der Waals surface area (Å²) in [4.78, 5) is 3.85. The highest BCUT2D eigenvalue weighted by Gasteiger charge is 2.09. The van der Waals surface area contributed by atoms with Crippen LogP contribution in [-0.4, -0.2) is 10.1 Å². The highest BCUT2D eigenvalue weighted by Crippen LogP contribution is 2.27. The van der Waals surface area contributed by atoms with Gasteiger partial charge in [-0.3, -0.25) is 0 Å². The number of aromatic nitrogens is 1. The molecule has 0 fully saturated rings. The molecule has 2 rings (SSSR count). The second kappa shape index (κ2) is 3.02. The van der Waals surface area contributed by atoms with Crippen LogP contribution in [0.1, 0.15) is 0 Å². The summed E-state index contributed by atoms with van der Waals surface area (Å²) in [6.45, 7) is 0. The molecule has 12 heavy (non-hydrogen) atoms. The summed E-state index contributed by atoms with van der Waals surface area (Å²) in [5.74, 6) is 0. The summed E-state index contributed by atoms with van der Waals surface area (Å²) in [7, 11) is 0. The molecule has 0 atom stereocenters. The van der Waals surface area contributed by atoms with Crippen molar-refractivity contribution in [3.8, 4) is 6.08 Å². The molecule has 0 aliphatic rings. The van der Waals surface area contributed by atoms with Crippen LogP contribution in [-0.2, 0) is 0 Å². The summed E-state index contributed by atoms with van der Waals surface area (Å²) >= 11 is 4.39. The third-order valence-electron chi connectivity index (χ3n) is 1.44. The molecule has 1 aromatic heterocycles. The van der Waals surface area contributed by atoms with Crippen LogP contribution in [0.2, 0.25) is 0 Å². The van der Waals surface area contributed by atoms with Crippen LogP contribution in [0.15, 0.2) is 16.5 Å². The Morgan fingerprint density at radius 2 is 2.08 bits per heavy atom. The van der Waals surface area contributed by atoms with Crippen LogP contribution in [0, 0.1) is 7.14 Å². The molecule has 0 radical (unpaired) electrons. The Bertz CT molecular complexity index is 438. The number of rotatable bonds is 0. The van der Waals surface area contributed by atoms with Crippen molar-refractivity contribution in [2.24, 2.45) is 0 Å². The van der Waals surface area contributed by atoms with Gasteiger partial charge in [0.2, 0.25) is 0 Å². The Labute approximate surface area is 95.4 Å². The minimum absolute atomic E-state index is 0.273. The van der Waals surface area contributed by atoms with Gasteiger partial charge in [-0.05, 0) is 57.3 Å². The van der Waals surface area contributed by atoms with Gasteiger partial charge in [0.05, 0.1) is 3.57 Å². The minimum atomic E-state index is -0.273. The predicted molar refractivity (Wildman–Crippen MR) is 61.1 cm³/mol. The van der Waals surface area contributed by atoms with E-state index in [-0.39, 0.29) is 6.08 Å². The molecule has 0 spiro atoms.